The maximum absolute atomic E-state index is 13.7. The van der Waals surface area contributed by atoms with Crippen molar-refractivity contribution >= 4 is 44.4 Å². The summed E-state index contributed by atoms with van der Waals surface area (Å²) in [5.41, 5.74) is 5.18. The largest absolute Gasteiger partial charge is 0.355 e. The summed E-state index contributed by atoms with van der Waals surface area (Å²) in [4.78, 5) is 27.1. The third kappa shape index (κ3) is 4.41. The van der Waals surface area contributed by atoms with Gasteiger partial charge in [0.15, 0.2) is 11.6 Å². The molecule has 7 nitrogen and oxygen atoms in total. The average Bonchev–Trinajstić information content (AvgIpc) is 2.85. The minimum atomic E-state index is -4.55. The number of nitrogens with one attached hydrogen (secondary N) is 2. The van der Waals surface area contributed by atoms with Crippen molar-refractivity contribution in [2.45, 2.75) is 25.7 Å². The Kier molecular flexibility index (Phi) is 5.94. The molecule has 4 aromatic rings. The van der Waals surface area contributed by atoms with Crippen molar-refractivity contribution in [1.82, 2.24) is 0 Å². The van der Waals surface area contributed by atoms with E-state index in [1.807, 2.05) is 32.0 Å². The second-order valence-electron chi connectivity index (χ2n) is 9.16. The van der Waals surface area contributed by atoms with Crippen LogP contribution in [0.4, 0.5) is 22.7 Å². The zero-order valence-corrected chi connectivity index (χ0v) is 21.2. The molecule has 0 aliphatic heterocycles. The standard InChI is InChI=1S/C29H24N2O5S/c1-16-8-10-21(18(3)14-16)30-23-12-13-24(31-22-11-9-17(2)15-25(22)37(34,35)36)27-26(23)28(32)19-6-4-5-7-20(19)29(27)33/h4-15,30-31H,1-3H3,(H,34,35,36). The van der Waals surface area contributed by atoms with Crippen LogP contribution in [0, 0.1) is 20.8 Å². The van der Waals surface area contributed by atoms with Crippen molar-refractivity contribution in [2.24, 2.45) is 0 Å². The second-order valence-corrected chi connectivity index (χ2v) is 10.5. The van der Waals surface area contributed by atoms with Gasteiger partial charge in [0.1, 0.15) is 4.90 Å². The lowest BCUT2D eigenvalue weighted by atomic mass is 9.82. The molecular formula is C29H24N2O5S. The highest BCUT2D eigenvalue weighted by atomic mass is 32.2. The summed E-state index contributed by atoms with van der Waals surface area (Å²) < 4.78 is 33.9. The van der Waals surface area contributed by atoms with E-state index in [1.165, 1.54) is 12.1 Å². The molecule has 37 heavy (non-hydrogen) atoms. The molecule has 0 saturated carbocycles. The van der Waals surface area contributed by atoms with E-state index in [4.69, 9.17) is 0 Å². The topological polar surface area (TPSA) is 113 Å². The van der Waals surface area contributed by atoms with Gasteiger partial charge >= 0.3 is 0 Å². The van der Waals surface area contributed by atoms with E-state index in [0.29, 0.717) is 16.8 Å². The molecular weight excluding hydrogens is 488 g/mol. The smallest absolute Gasteiger partial charge is 0.296 e. The Bertz CT molecular complexity index is 1720. The number of carbonyl (C=O) groups is 2. The second kappa shape index (κ2) is 8.99. The fourth-order valence-corrected chi connectivity index (χ4v) is 5.35. The van der Waals surface area contributed by atoms with Gasteiger partial charge < -0.3 is 10.6 Å². The summed E-state index contributed by atoms with van der Waals surface area (Å²) >= 11 is 0. The van der Waals surface area contributed by atoms with Gasteiger partial charge in [-0.3, -0.25) is 14.1 Å². The molecule has 0 amide bonds. The lowest BCUT2D eigenvalue weighted by Gasteiger charge is -2.24. The molecule has 0 unspecified atom stereocenters. The van der Waals surface area contributed by atoms with Gasteiger partial charge in [-0.25, -0.2) is 0 Å². The van der Waals surface area contributed by atoms with Crippen molar-refractivity contribution in [3.8, 4) is 0 Å². The van der Waals surface area contributed by atoms with Gasteiger partial charge in [-0.2, -0.15) is 8.42 Å². The first-order chi connectivity index (χ1) is 17.5. The number of ketones is 2. The number of carbonyl (C=O) groups excluding carboxylic acids is 2. The Morgan fingerprint density at radius 3 is 1.59 bits per heavy atom. The lowest BCUT2D eigenvalue weighted by Crippen LogP contribution is -2.23. The summed E-state index contributed by atoms with van der Waals surface area (Å²) in [6.45, 7) is 5.64. The molecule has 0 heterocycles. The Hall–Kier alpha value is -4.27. The highest BCUT2D eigenvalue weighted by Crippen LogP contribution is 2.39. The zero-order chi connectivity index (χ0) is 26.5. The minimum absolute atomic E-state index is 0.0875. The number of hydrogen-bond acceptors (Lipinski definition) is 6. The summed E-state index contributed by atoms with van der Waals surface area (Å²) in [6.07, 6.45) is 0. The molecule has 1 aliphatic rings. The molecule has 3 N–H and O–H groups in total. The van der Waals surface area contributed by atoms with Gasteiger partial charge in [-0.15, -0.1) is 0 Å². The molecule has 0 atom stereocenters. The maximum atomic E-state index is 13.7. The predicted molar refractivity (Wildman–Crippen MR) is 143 cm³/mol. The number of fused-ring (bicyclic) bond motifs is 2. The van der Waals surface area contributed by atoms with Crippen LogP contribution in [-0.2, 0) is 10.1 Å². The van der Waals surface area contributed by atoms with Gasteiger partial charge in [-0.1, -0.05) is 48.0 Å². The molecule has 186 valence electrons. The van der Waals surface area contributed by atoms with Gasteiger partial charge in [0, 0.05) is 16.8 Å². The van der Waals surface area contributed by atoms with Crippen molar-refractivity contribution in [2.75, 3.05) is 10.6 Å². The predicted octanol–water partition coefficient (Wildman–Crippen LogP) is 6.12. The van der Waals surface area contributed by atoms with E-state index in [9.17, 15) is 22.6 Å². The van der Waals surface area contributed by atoms with E-state index < -0.39 is 10.1 Å². The molecule has 0 saturated heterocycles. The Balaban J connectivity index is 1.70. The van der Waals surface area contributed by atoms with Crippen molar-refractivity contribution in [3.63, 3.8) is 0 Å². The molecule has 1 aliphatic carbocycles. The molecule has 5 rings (SSSR count). The third-order valence-corrected chi connectivity index (χ3v) is 7.30. The van der Waals surface area contributed by atoms with Crippen LogP contribution < -0.4 is 10.6 Å². The van der Waals surface area contributed by atoms with Gasteiger partial charge in [-0.05, 0) is 62.2 Å². The van der Waals surface area contributed by atoms with E-state index >= 15 is 0 Å². The van der Waals surface area contributed by atoms with Crippen LogP contribution in [-0.4, -0.2) is 24.5 Å². The Morgan fingerprint density at radius 2 is 1.08 bits per heavy atom. The summed E-state index contributed by atoms with van der Waals surface area (Å²) in [6, 6.07) is 20.3. The van der Waals surface area contributed by atoms with Crippen LogP contribution >= 0.6 is 0 Å². The van der Waals surface area contributed by atoms with Crippen LogP contribution in [0.2, 0.25) is 0 Å². The van der Waals surface area contributed by atoms with Crippen LogP contribution in [0.5, 0.6) is 0 Å². The maximum Gasteiger partial charge on any atom is 0.296 e. The number of hydrogen-bond donors (Lipinski definition) is 3. The summed E-state index contributed by atoms with van der Waals surface area (Å²) in [5.74, 6) is -0.683. The number of aryl methyl sites for hydroxylation is 3. The van der Waals surface area contributed by atoms with Crippen LogP contribution in [0.15, 0.2) is 77.7 Å². The first-order valence-corrected chi connectivity index (χ1v) is 13.0. The monoisotopic (exact) mass is 512 g/mol. The van der Waals surface area contributed by atoms with Gasteiger partial charge in [0.25, 0.3) is 10.1 Å². The average molecular weight is 513 g/mol. The molecule has 0 bridgehead atoms. The van der Waals surface area contributed by atoms with Crippen LogP contribution in [0.3, 0.4) is 0 Å². The van der Waals surface area contributed by atoms with Crippen molar-refractivity contribution < 1.29 is 22.6 Å². The van der Waals surface area contributed by atoms with E-state index in [2.05, 4.69) is 10.6 Å². The minimum Gasteiger partial charge on any atom is -0.355 e. The fourth-order valence-electron chi connectivity index (χ4n) is 4.62. The van der Waals surface area contributed by atoms with Gasteiger partial charge in [0.2, 0.25) is 0 Å². The normalized spacial score (nSPS) is 12.6. The molecule has 8 heteroatoms. The first-order valence-electron chi connectivity index (χ1n) is 11.6. The highest BCUT2D eigenvalue weighted by molar-refractivity contribution is 7.86. The molecule has 0 radical (unpaired) electrons. The Morgan fingerprint density at radius 1 is 0.622 bits per heavy atom. The van der Waals surface area contributed by atoms with Gasteiger partial charge in [0.05, 0.1) is 28.2 Å². The summed E-state index contributed by atoms with van der Waals surface area (Å²) in [5, 5.41) is 6.29. The third-order valence-electron chi connectivity index (χ3n) is 6.41. The van der Waals surface area contributed by atoms with E-state index in [0.717, 1.165) is 16.8 Å². The Labute approximate surface area is 214 Å². The number of rotatable bonds is 5. The number of benzene rings is 4. The lowest BCUT2D eigenvalue weighted by molar-refractivity contribution is 0.0980. The molecule has 0 fully saturated rings. The van der Waals surface area contributed by atoms with Crippen molar-refractivity contribution in [3.05, 3.63) is 112 Å². The summed E-state index contributed by atoms with van der Waals surface area (Å²) in [7, 11) is -4.55. The van der Waals surface area contributed by atoms with Crippen LogP contribution in [0.25, 0.3) is 0 Å². The van der Waals surface area contributed by atoms with Crippen LogP contribution in [0.1, 0.15) is 48.5 Å². The SMILES string of the molecule is Cc1ccc(Nc2ccc(Nc3ccc(C)cc3S(=O)(=O)O)c3c2C(=O)c2ccccc2C3=O)c(C)c1. The highest BCUT2D eigenvalue weighted by Gasteiger charge is 2.34. The van der Waals surface area contributed by atoms with Crippen molar-refractivity contribution in [1.29, 1.82) is 0 Å². The molecule has 0 spiro atoms. The number of anilines is 4. The van der Waals surface area contributed by atoms with E-state index in [-0.39, 0.29) is 44.5 Å². The molecule has 0 aromatic heterocycles. The zero-order valence-electron chi connectivity index (χ0n) is 20.4. The van der Waals surface area contributed by atoms with E-state index in [1.54, 1.807) is 49.4 Å². The first kappa shape index (κ1) is 24.4. The fraction of sp³-hybridized carbons (Fsp3) is 0.103. The molecule has 4 aromatic carbocycles. The quantitative estimate of drug-likeness (QED) is 0.243.